The number of carboxylic acid groups (broad SMARTS) is 1. The predicted octanol–water partition coefficient (Wildman–Crippen LogP) is 0.0972. The van der Waals surface area contributed by atoms with Gasteiger partial charge in [0.1, 0.15) is 24.4 Å². The Morgan fingerprint density at radius 3 is 2.34 bits per heavy atom. The minimum Gasteiger partial charge on any atom is -0.479 e. The molecule has 5 rings (SSSR count). The summed E-state index contributed by atoms with van der Waals surface area (Å²) in [4.78, 5) is 24.4. The maximum absolute atomic E-state index is 14.0. The Morgan fingerprint density at radius 1 is 0.980 bits per heavy atom. The molecule has 0 aromatic heterocycles. The molecule has 0 spiro atoms. The Labute approximate surface area is 290 Å². The van der Waals surface area contributed by atoms with Crippen LogP contribution >= 0.6 is 0 Å². The first-order chi connectivity index (χ1) is 23.7. The fourth-order valence-corrected chi connectivity index (χ4v) is 7.90. The highest BCUT2D eigenvalue weighted by molar-refractivity contribution is 7.89. The SMILES string of the molecule is CC(C)CN(C[C@@H](O)[C@H](Cc1ccccc1)NC(=O)O[C@H]1CO[C@H]2OCC[C@H]21)S(=O)(=O)c1ccc(NC2OC(C(=O)O)C(O)C(O)C2O)cc1. The Hall–Kier alpha value is -3.39. The zero-order chi connectivity index (χ0) is 36.2. The molecule has 0 saturated carbocycles. The van der Waals surface area contributed by atoms with Crippen molar-refractivity contribution in [3.05, 3.63) is 60.2 Å². The highest BCUT2D eigenvalue weighted by atomic mass is 32.2. The number of carbonyl (C=O) groups is 2. The second-order valence-corrected chi connectivity index (χ2v) is 15.1. The number of hydrogen-bond acceptors (Lipinski definition) is 13. The number of hydrogen-bond donors (Lipinski definition) is 7. The van der Waals surface area contributed by atoms with Gasteiger partial charge in [-0.25, -0.2) is 18.0 Å². The summed E-state index contributed by atoms with van der Waals surface area (Å²) in [7, 11) is -4.21. The van der Waals surface area contributed by atoms with Crippen molar-refractivity contribution in [1.82, 2.24) is 9.62 Å². The molecule has 10 atom stereocenters. The molecule has 2 aromatic carbocycles. The molecule has 0 aliphatic carbocycles. The third-order valence-electron chi connectivity index (χ3n) is 8.93. The molecule has 17 heteroatoms. The molecule has 3 aliphatic rings. The number of carboxylic acids is 1. The minimum absolute atomic E-state index is 0.0449. The first kappa shape index (κ1) is 37.9. The van der Waals surface area contributed by atoms with Crippen LogP contribution in [0.15, 0.2) is 59.5 Å². The van der Waals surface area contributed by atoms with E-state index in [0.717, 1.165) is 9.87 Å². The number of nitrogens with zero attached hydrogens (tertiary/aromatic N) is 1. The molecule has 0 bridgehead atoms. The van der Waals surface area contributed by atoms with E-state index in [-0.39, 0.29) is 48.5 Å². The van der Waals surface area contributed by atoms with E-state index in [1.54, 1.807) is 0 Å². The lowest BCUT2D eigenvalue weighted by atomic mass is 9.98. The molecular formula is C33H45N3O13S. The zero-order valence-corrected chi connectivity index (χ0v) is 28.5. The topological polar surface area (TPSA) is 234 Å². The quantitative estimate of drug-likeness (QED) is 0.137. The predicted molar refractivity (Wildman–Crippen MR) is 175 cm³/mol. The molecule has 50 heavy (non-hydrogen) atoms. The van der Waals surface area contributed by atoms with Crippen LogP contribution in [0.3, 0.4) is 0 Å². The van der Waals surface area contributed by atoms with Crippen LogP contribution in [0.1, 0.15) is 25.8 Å². The van der Waals surface area contributed by atoms with Crippen molar-refractivity contribution >= 4 is 27.8 Å². The van der Waals surface area contributed by atoms with Crippen LogP contribution in [-0.2, 0) is 40.2 Å². The van der Waals surface area contributed by atoms with Crippen LogP contribution in [0.25, 0.3) is 0 Å². The fourth-order valence-electron chi connectivity index (χ4n) is 6.27. The second-order valence-electron chi connectivity index (χ2n) is 13.1. The van der Waals surface area contributed by atoms with E-state index in [0.29, 0.717) is 13.0 Å². The van der Waals surface area contributed by atoms with Crippen molar-refractivity contribution in [3.8, 4) is 0 Å². The van der Waals surface area contributed by atoms with Crippen molar-refractivity contribution in [2.45, 2.75) is 86.8 Å². The smallest absolute Gasteiger partial charge is 0.407 e. The standard InChI is InChI=1S/C33H45N3O13S/c1-18(2)15-36(50(44,45)21-10-8-20(9-11-21)34-30-28(40)26(38)27(39)29(49-30)31(41)42)16-24(37)23(14-19-6-4-3-5-7-19)35-33(43)48-25-17-47-32-22(25)12-13-46-32/h3-11,18,22-30,32,34,37-40H,12-17H2,1-2H3,(H,35,43)(H,41,42)/t22-,23-,24+,25-,26?,27?,28?,29?,30?,32+/m0/s1. The fraction of sp³-hybridized carbons (Fsp3) is 0.576. The third kappa shape index (κ3) is 8.90. The number of aliphatic hydroxyl groups is 4. The Balaban J connectivity index is 1.29. The van der Waals surface area contributed by atoms with E-state index < -0.39 is 77.3 Å². The van der Waals surface area contributed by atoms with E-state index in [4.69, 9.17) is 18.9 Å². The maximum atomic E-state index is 14.0. The summed E-state index contributed by atoms with van der Waals surface area (Å²) in [6.45, 7) is 4.03. The average molecular weight is 724 g/mol. The van der Waals surface area contributed by atoms with Gasteiger partial charge < -0.3 is 55.1 Å². The van der Waals surface area contributed by atoms with Gasteiger partial charge in [-0.05, 0) is 48.6 Å². The third-order valence-corrected chi connectivity index (χ3v) is 10.8. The lowest BCUT2D eigenvalue weighted by Gasteiger charge is -2.39. The number of amides is 1. The van der Waals surface area contributed by atoms with Crippen molar-refractivity contribution in [2.75, 3.05) is 31.6 Å². The maximum Gasteiger partial charge on any atom is 0.407 e. The molecule has 0 radical (unpaired) electrons. The van der Waals surface area contributed by atoms with Crippen LogP contribution in [0, 0.1) is 11.8 Å². The number of fused-ring (bicyclic) bond motifs is 1. The zero-order valence-electron chi connectivity index (χ0n) is 27.6. The van der Waals surface area contributed by atoms with Crippen LogP contribution in [0.2, 0.25) is 0 Å². The van der Waals surface area contributed by atoms with Gasteiger partial charge in [0.2, 0.25) is 10.0 Å². The van der Waals surface area contributed by atoms with Crippen molar-refractivity contribution in [3.63, 3.8) is 0 Å². The molecule has 3 fully saturated rings. The van der Waals surface area contributed by atoms with Gasteiger partial charge in [0.25, 0.3) is 0 Å². The summed E-state index contributed by atoms with van der Waals surface area (Å²) in [5.74, 6) is -1.77. The molecule has 7 N–H and O–H groups in total. The highest BCUT2D eigenvalue weighted by Crippen LogP contribution is 2.33. The van der Waals surface area contributed by atoms with Crippen molar-refractivity contribution in [1.29, 1.82) is 0 Å². The number of nitrogens with one attached hydrogen (secondary N) is 2. The molecule has 1 amide bonds. The molecule has 3 saturated heterocycles. The molecule has 276 valence electrons. The Bertz CT molecular complexity index is 1550. The van der Waals surface area contributed by atoms with E-state index in [1.807, 2.05) is 44.2 Å². The van der Waals surface area contributed by atoms with Gasteiger partial charge in [-0.15, -0.1) is 0 Å². The second kappa shape index (κ2) is 16.3. The molecule has 16 nitrogen and oxygen atoms in total. The number of ether oxygens (including phenoxy) is 4. The van der Waals surface area contributed by atoms with Crippen LogP contribution in [-0.4, -0.2) is 132 Å². The number of anilines is 1. The Morgan fingerprint density at radius 2 is 1.68 bits per heavy atom. The van der Waals surface area contributed by atoms with E-state index in [1.165, 1.54) is 24.3 Å². The monoisotopic (exact) mass is 723 g/mol. The number of rotatable bonds is 14. The average Bonchev–Trinajstić information content (AvgIpc) is 3.70. The molecule has 5 unspecified atom stereocenters. The molecule has 3 aliphatic heterocycles. The summed E-state index contributed by atoms with van der Waals surface area (Å²) in [6.07, 6.45) is -10.8. The number of carbonyl (C=O) groups excluding carboxylic acids is 1. The highest BCUT2D eigenvalue weighted by Gasteiger charge is 2.47. The molecule has 2 aromatic rings. The number of sulfonamides is 1. The summed E-state index contributed by atoms with van der Waals surface area (Å²) in [5.41, 5.74) is 1.03. The Kier molecular flexibility index (Phi) is 12.3. The number of benzene rings is 2. The van der Waals surface area contributed by atoms with E-state index >= 15 is 0 Å². The van der Waals surface area contributed by atoms with E-state index in [2.05, 4.69) is 10.6 Å². The van der Waals surface area contributed by atoms with Crippen LogP contribution in [0.4, 0.5) is 10.5 Å². The lowest BCUT2D eigenvalue weighted by molar-refractivity contribution is -0.221. The van der Waals surface area contributed by atoms with Crippen molar-refractivity contribution in [2.24, 2.45) is 11.8 Å². The first-order valence-corrected chi connectivity index (χ1v) is 17.9. The molecular weight excluding hydrogens is 678 g/mol. The van der Waals surface area contributed by atoms with Gasteiger partial charge in [0, 0.05) is 18.8 Å². The van der Waals surface area contributed by atoms with E-state index in [9.17, 15) is 43.5 Å². The van der Waals surface area contributed by atoms with Crippen LogP contribution < -0.4 is 10.6 Å². The van der Waals surface area contributed by atoms with Gasteiger partial charge in [0.15, 0.2) is 18.6 Å². The largest absolute Gasteiger partial charge is 0.479 e. The normalized spacial score (nSPS) is 29.4. The van der Waals surface area contributed by atoms with Crippen molar-refractivity contribution < 1.29 is 62.5 Å². The number of aliphatic carboxylic acids is 1. The summed E-state index contributed by atoms with van der Waals surface area (Å²) in [6, 6.07) is 13.5. The van der Waals surface area contributed by atoms with Gasteiger partial charge in [-0.3, -0.25) is 0 Å². The van der Waals surface area contributed by atoms with Crippen LogP contribution in [0.5, 0.6) is 0 Å². The van der Waals surface area contributed by atoms with Gasteiger partial charge in [0.05, 0.1) is 36.2 Å². The van der Waals surface area contributed by atoms with Gasteiger partial charge in [-0.2, -0.15) is 4.31 Å². The number of alkyl carbamates (subject to hydrolysis) is 1. The summed E-state index contributed by atoms with van der Waals surface area (Å²) in [5, 5.41) is 56.7. The first-order valence-electron chi connectivity index (χ1n) is 16.5. The van der Waals surface area contributed by atoms with Gasteiger partial charge >= 0.3 is 12.1 Å². The molecule has 3 heterocycles. The van der Waals surface area contributed by atoms with Gasteiger partial charge in [-0.1, -0.05) is 44.2 Å². The number of aliphatic hydroxyl groups excluding tert-OH is 4. The minimum atomic E-state index is -4.21. The lowest BCUT2D eigenvalue weighted by Crippen LogP contribution is -2.61. The summed E-state index contributed by atoms with van der Waals surface area (Å²) >= 11 is 0. The summed E-state index contributed by atoms with van der Waals surface area (Å²) < 4.78 is 51.0.